The van der Waals surface area contributed by atoms with E-state index in [1.165, 1.54) is 11.8 Å². The monoisotopic (exact) mass is 306 g/mol. The van der Waals surface area contributed by atoms with Gasteiger partial charge in [0.15, 0.2) is 5.16 Å². The van der Waals surface area contributed by atoms with Gasteiger partial charge in [0.25, 0.3) is 0 Å². The van der Waals surface area contributed by atoms with Crippen LogP contribution in [0, 0.1) is 0 Å². The van der Waals surface area contributed by atoms with Crippen molar-refractivity contribution >= 4 is 17.6 Å². The highest BCUT2D eigenvalue weighted by Crippen LogP contribution is 2.25. The zero-order chi connectivity index (χ0) is 15.1. The van der Waals surface area contributed by atoms with Crippen LogP contribution in [0.15, 0.2) is 35.5 Å². The lowest BCUT2D eigenvalue weighted by Gasteiger charge is -2.09. The van der Waals surface area contributed by atoms with Crippen molar-refractivity contribution < 1.29 is 9.47 Å². The Kier molecular flexibility index (Phi) is 5.65. The zero-order valence-corrected chi connectivity index (χ0v) is 12.8. The number of nitrogens with two attached hydrogens (primary N) is 1. The van der Waals surface area contributed by atoms with Crippen molar-refractivity contribution in [3.63, 3.8) is 0 Å². The molecule has 0 atom stereocenters. The molecule has 1 heterocycles. The fraction of sp³-hybridized carbons (Fsp3) is 0.286. The first-order chi connectivity index (χ1) is 10.2. The summed E-state index contributed by atoms with van der Waals surface area (Å²) in [7, 11) is 0. The molecule has 0 saturated carbocycles. The van der Waals surface area contributed by atoms with E-state index in [0.29, 0.717) is 29.2 Å². The lowest BCUT2D eigenvalue weighted by atomic mass is 10.3. The third-order valence-electron chi connectivity index (χ3n) is 2.53. The summed E-state index contributed by atoms with van der Waals surface area (Å²) in [5.74, 6) is 7.82. The Morgan fingerprint density at radius 2 is 1.90 bits per heavy atom. The number of hydrogen-bond acceptors (Lipinski definition) is 7. The number of nitrogens with zero attached hydrogens (tertiary/aromatic N) is 2. The molecule has 0 radical (unpaired) electrons. The molecule has 0 fully saturated rings. The zero-order valence-electron chi connectivity index (χ0n) is 12.0. The maximum Gasteiger partial charge on any atom is 0.225 e. The molecule has 2 rings (SSSR count). The van der Waals surface area contributed by atoms with Gasteiger partial charge in [-0.3, -0.25) is 0 Å². The summed E-state index contributed by atoms with van der Waals surface area (Å²) < 4.78 is 11.2. The van der Waals surface area contributed by atoms with E-state index in [4.69, 9.17) is 15.3 Å². The van der Waals surface area contributed by atoms with E-state index in [9.17, 15) is 0 Å². The van der Waals surface area contributed by atoms with Crippen LogP contribution in [0.3, 0.4) is 0 Å². The van der Waals surface area contributed by atoms with Crippen molar-refractivity contribution in [1.82, 2.24) is 9.97 Å². The Morgan fingerprint density at radius 3 is 2.52 bits per heavy atom. The van der Waals surface area contributed by atoms with Gasteiger partial charge in [0.2, 0.25) is 5.88 Å². The second-order valence-electron chi connectivity index (χ2n) is 4.14. The smallest absolute Gasteiger partial charge is 0.225 e. The van der Waals surface area contributed by atoms with Crippen LogP contribution in [0.1, 0.15) is 13.3 Å². The third-order valence-corrected chi connectivity index (χ3v) is 3.08. The van der Waals surface area contributed by atoms with Crippen LogP contribution < -0.4 is 20.7 Å². The van der Waals surface area contributed by atoms with E-state index < -0.39 is 0 Å². The number of rotatable bonds is 7. The summed E-state index contributed by atoms with van der Waals surface area (Å²) in [6.45, 7) is 2.77. The van der Waals surface area contributed by atoms with Crippen LogP contribution in [0.4, 0.5) is 5.82 Å². The number of nitrogens with one attached hydrogen (secondary N) is 1. The van der Waals surface area contributed by atoms with Crippen LogP contribution in [0.25, 0.3) is 0 Å². The van der Waals surface area contributed by atoms with E-state index in [2.05, 4.69) is 22.3 Å². The number of nitrogen functional groups attached to an aromatic ring is 1. The second-order valence-corrected chi connectivity index (χ2v) is 4.92. The van der Waals surface area contributed by atoms with E-state index in [1.807, 2.05) is 30.5 Å². The number of thioether (sulfide) groups is 1. The first-order valence-corrected chi connectivity index (χ1v) is 7.78. The topological polar surface area (TPSA) is 82.3 Å². The minimum atomic E-state index is 0.435. The number of ether oxygens (including phenoxy) is 2. The molecular weight excluding hydrogens is 288 g/mol. The molecule has 0 aliphatic carbocycles. The lowest BCUT2D eigenvalue weighted by Crippen LogP contribution is -2.09. The lowest BCUT2D eigenvalue weighted by molar-refractivity contribution is 0.317. The van der Waals surface area contributed by atoms with Gasteiger partial charge in [-0.25, -0.2) is 10.8 Å². The standard InChI is InChI=1S/C14H18N4O2S/c1-3-8-19-10-4-6-11(7-5-10)20-13-9-12(18-15)16-14(17-13)21-2/h4-7,9H,3,8,15H2,1-2H3,(H,16,17,18). The fourth-order valence-corrected chi connectivity index (χ4v) is 1.94. The first kappa shape index (κ1) is 15.4. The molecule has 2 aromatic rings. The van der Waals surface area contributed by atoms with Gasteiger partial charge in [0, 0.05) is 6.07 Å². The second kappa shape index (κ2) is 7.70. The number of benzene rings is 1. The van der Waals surface area contributed by atoms with Crippen LogP contribution in [0.5, 0.6) is 17.4 Å². The quantitative estimate of drug-likeness (QED) is 0.352. The fourth-order valence-electron chi connectivity index (χ4n) is 1.57. The Balaban J connectivity index is 2.10. The molecule has 112 valence electrons. The Hall–Kier alpha value is -1.99. The van der Waals surface area contributed by atoms with Crippen molar-refractivity contribution in [3.8, 4) is 17.4 Å². The minimum Gasteiger partial charge on any atom is -0.494 e. The maximum atomic E-state index is 5.71. The van der Waals surface area contributed by atoms with Gasteiger partial charge >= 0.3 is 0 Å². The van der Waals surface area contributed by atoms with Gasteiger partial charge in [-0.1, -0.05) is 18.7 Å². The van der Waals surface area contributed by atoms with Crippen molar-refractivity contribution in [3.05, 3.63) is 30.3 Å². The van der Waals surface area contributed by atoms with Crippen LogP contribution in [0.2, 0.25) is 0 Å². The highest BCUT2D eigenvalue weighted by atomic mass is 32.2. The van der Waals surface area contributed by atoms with E-state index in [0.717, 1.165) is 12.2 Å². The maximum absolute atomic E-state index is 5.71. The molecule has 0 aliphatic heterocycles. The Morgan fingerprint density at radius 1 is 1.19 bits per heavy atom. The minimum absolute atomic E-state index is 0.435. The summed E-state index contributed by atoms with van der Waals surface area (Å²) in [5, 5.41) is 0.586. The third kappa shape index (κ3) is 4.51. The molecule has 0 unspecified atom stereocenters. The largest absolute Gasteiger partial charge is 0.494 e. The SMILES string of the molecule is CCCOc1ccc(Oc2cc(NN)nc(SC)n2)cc1. The summed E-state index contributed by atoms with van der Waals surface area (Å²) in [6, 6.07) is 9.04. The molecule has 0 spiro atoms. The van der Waals surface area contributed by atoms with Crippen molar-refractivity contribution in [1.29, 1.82) is 0 Å². The van der Waals surface area contributed by atoms with E-state index in [1.54, 1.807) is 6.07 Å². The molecule has 1 aromatic heterocycles. The van der Waals surface area contributed by atoms with Crippen LogP contribution >= 0.6 is 11.8 Å². The highest BCUT2D eigenvalue weighted by Gasteiger charge is 2.06. The molecule has 6 nitrogen and oxygen atoms in total. The van der Waals surface area contributed by atoms with Gasteiger partial charge in [-0.2, -0.15) is 4.98 Å². The molecule has 0 amide bonds. The number of anilines is 1. The molecule has 0 saturated heterocycles. The van der Waals surface area contributed by atoms with Gasteiger partial charge in [-0.05, 0) is 36.9 Å². The summed E-state index contributed by atoms with van der Waals surface area (Å²) in [5.41, 5.74) is 2.50. The molecule has 0 bridgehead atoms. The molecule has 7 heteroatoms. The van der Waals surface area contributed by atoms with Crippen LogP contribution in [-0.2, 0) is 0 Å². The predicted octanol–water partition coefficient (Wildman–Crippen LogP) is 3.07. The number of hydrogen-bond donors (Lipinski definition) is 2. The summed E-state index contributed by atoms with van der Waals surface area (Å²) >= 11 is 1.42. The Labute approximate surface area is 128 Å². The number of hydrazine groups is 1. The number of aromatic nitrogens is 2. The van der Waals surface area contributed by atoms with Crippen molar-refractivity contribution in [2.24, 2.45) is 5.84 Å². The summed E-state index contributed by atoms with van der Waals surface area (Å²) in [6.07, 6.45) is 2.87. The van der Waals surface area contributed by atoms with E-state index in [-0.39, 0.29) is 0 Å². The van der Waals surface area contributed by atoms with Gasteiger partial charge < -0.3 is 14.9 Å². The molecule has 3 N–H and O–H groups in total. The van der Waals surface area contributed by atoms with Gasteiger partial charge in [0.05, 0.1) is 6.61 Å². The Bertz CT molecular complexity index is 555. The van der Waals surface area contributed by atoms with E-state index >= 15 is 0 Å². The van der Waals surface area contributed by atoms with Gasteiger partial charge in [0.1, 0.15) is 17.3 Å². The van der Waals surface area contributed by atoms with Crippen molar-refractivity contribution in [2.75, 3.05) is 18.3 Å². The summed E-state index contributed by atoms with van der Waals surface area (Å²) in [4.78, 5) is 8.45. The highest BCUT2D eigenvalue weighted by molar-refractivity contribution is 7.98. The molecular formula is C14H18N4O2S. The average molecular weight is 306 g/mol. The van der Waals surface area contributed by atoms with Crippen LogP contribution in [-0.4, -0.2) is 22.8 Å². The molecule has 21 heavy (non-hydrogen) atoms. The molecule has 0 aliphatic rings. The molecule has 1 aromatic carbocycles. The average Bonchev–Trinajstić information content (AvgIpc) is 2.53. The first-order valence-electron chi connectivity index (χ1n) is 6.55. The van der Waals surface area contributed by atoms with Crippen molar-refractivity contribution in [2.45, 2.75) is 18.5 Å². The van der Waals surface area contributed by atoms with Gasteiger partial charge in [-0.15, -0.1) is 0 Å². The normalized spacial score (nSPS) is 10.2. The predicted molar refractivity (Wildman–Crippen MR) is 83.9 cm³/mol.